The van der Waals surface area contributed by atoms with Crippen LogP contribution in [0.4, 0.5) is 0 Å². The normalized spacial score (nSPS) is 33.5. The number of fused-ring (bicyclic) bond motifs is 8. The standard InChI is InChI=1S/C44H70N4O8.Mg/c1-9-25-29(13-17-41(49)53-5)37-22-34-27(11-3)31(15-19-43(51)55-7)39(47-34)24-36-28(12-4)32(16-20-44(52)56-8)40(48-36)23-35-26(10-2)30(14-18-42(50)54-6)38(46-35)21-33(25)45-37;/h25,28-29,32-40,46-47H,9-24H2,1-8H3;/q-2;+2. The van der Waals surface area contributed by atoms with Crippen molar-refractivity contribution < 1.29 is 38.1 Å². The van der Waals surface area contributed by atoms with Crippen molar-refractivity contribution in [2.45, 2.75) is 179 Å². The third kappa shape index (κ3) is 11.2. The van der Waals surface area contributed by atoms with Crippen LogP contribution in [0.3, 0.4) is 0 Å². The van der Waals surface area contributed by atoms with Gasteiger partial charge in [-0.3, -0.25) is 19.2 Å². The van der Waals surface area contributed by atoms with Gasteiger partial charge in [-0.15, -0.1) is 24.2 Å². The van der Waals surface area contributed by atoms with Crippen molar-refractivity contribution in [3.8, 4) is 0 Å². The molecule has 5 heterocycles. The second kappa shape index (κ2) is 22.5. The van der Waals surface area contributed by atoms with E-state index in [1.165, 1.54) is 50.7 Å². The maximum Gasteiger partial charge on any atom is 2.00 e. The summed E-state index contributed by atoms with van der Waals surface area (Å²) in [4.78, 5) is 50.2. The number of methoxy groups -OCH3 is 4. The van der Waals surface area contributed by atoms with E-state index in [-0.39, 0.29) is 107 Å². The van der Waals surface area contributed by atoms with Crippen LogP contribution in [0.25, 0.3) is 10.6 Å². The number of esters is 4. The molecule has 316 valence electrons. The van der Waals surface area contributed by atoms with E-state index in [0.29, 0.717) is 50.4 Å². The van der Waals surface area contributed by atoms with Crippen molar-refractivity contribution in [1.29, 1.82) is 0 Å². The monoisotopic (exact) mass is 807 g/mol. The zero-order valence-corrected chi connectivity index (χ0v) is 37.5. The molecule has 5 aliphatic rings. The first kappa shape index (κ1) is 47.6. The fraction of sp³-hybridized carbons (Fsp3) is 0.818. The van der Waals surface area contributed by atoms with Gasteiger partial charge in [0, 0.05) is 49.9 Å². The van der Waals surface area contributed by atoms with Crippen LogP contribution in [0.2, 0.25) is 0 Å². The topological polar surface area (TPSA) is 157 Å². The summed E-state index contributed by atoms with van der Waals surface area (Å²) in [6.07, 6.45) is 11.1. The molecule has 0 aromatic carbocycles. The Morgan fingerprint density at radius 2 is 0.789 bits per heavy atom. The van der Waals surface area contributed by atoms with Gasteiger partial charge in [0.05, 0.1) is 28.4 Å². The number of nitrogens with zero attached hydrogens (tertiary/aromatic N) is 2. The SMILES string of the molecule is CCC1=C(CCC(=O)OC)C2CC3[N-]C(CC4NC(CC5[N-]C(CC1N2)C(CCC(=O)OC)C5CC)C(CCC(=O)OC)=C4CC)C(CCC(=O)OC)C3CC.[Mg+2]. The predicted octanol–water partition coefficient (Wildman–Crippen LogP) is 6.62. The van der Waals surface area contributed by atoms with E-state index in [4.69, 9.17) is 29.6 Å². The minimum Gasteiger partial charge on any atom is -0.656 e. The fourth-order valence-electron chi connectivity index (χ4n) is 11.6. The van der Waals surface area contributed by atoms with E-state index >= 15 is 0 Å². The van der Waals surface area contributed by atoms with Crippen LogP contribution >= 0.6 is 0 Å². The molecule has 0 spiro atoms. The van der Waals surface area contributed by atoms with Crippen LogP contribution in [0, 0.1) is 23.7 Å². The molecule has 0 aliphatic carbocycles. The molecule has 12 nitrogen and oxygen atoms in total. The summed E-state index contributed by atoms with van der Waals surface area (Å²) in [5, 5.41) is 19.6. The number of ether oxygens (including phenoxy) is 4. The Balaban J connectivity index is 0.00000720. The molecule has 13 heteroatoms. The van der Waals surface area contributed by atoms with Gasteiger partial charge in [-0.2, -0.15) is 0 Å². The van der Waals surface area contributed by atoms with Gasteiger partial charge in [0.1, 0.15) is 0 Å². The molecule has 57 heavy (non-hydrogen) atoms. The quantitative estimate of drug-likeness (QED) is 0.0752. The average molecular weight is 807 g/mol. The third-order valence-corrected chi connectivity index (χ3v) is 14.2. The number of carbonyl (C=O) groups is 4. The van der Waals surface area contributed by atoms with Crippen LogP contribution in [-0.2, 0) is 38.1 Å². The number of nitrogens with one attached hydrogen (secondary N) is 2. The van der Waals surface area contributed by atoms with E-state index < -0.39 is 0 Å². The van der Waals surface area contributed by atoms with Gasteiger partial charge in [0.25, 0.3) is 0 Å². The number of carbonyl (C=O) groups excluding carboxylic acids is 4. The van der Waals surface area contributed by atoms with E-state index in [2.05, 4.69) is 38.3 Å². The zero-order valence-electron chi connectivity index (χ0n) is 36.1. The van der Waals surface area contributed by atoms with Crippen LogP contribution in [0.5, 0.6) is 0 Å². The average Bonchev–Trinajstić information content (AvgIpc) is 3.92. The third-order valence-electron chi connectivity index (χ3n) is 14.2. The number of hydrogen-bond donors (Lipinski definition) is 2. The van der Waals surface area contributed by atoms with Gasteiger partial charge in [-0.1, -0.05) is 86.5 Å². The fourth-order valence-corrected chi connectivity index (χ4v) is 11.6. The molecular weight excluding hydrogens is 737 g/mol. The molecule has 0 amide bonds. The van der Waals surface area contributed by atoms with Gasteiger partial charge in [0.2, 0.25) is 0 Å². The van der Waals surface area contributed by atoms with Crippen LogP contribution in [0.15, 0.2) is 22.3 Å². The molecule has 0 radical (unpaired) electrons. The molecule has 8 bridgehead atoms. The van der Waals surface area contributed by atoms with Gasteiger partial charge < -0.3 is 40.2 Å². The Kier molecular flexibility index (Phi) is 18.8. The Morgan fingerprint density at radius 3 is 1.09 bits per heavy atom. The van der Waals surface area contributed by atoms with Gasteiger partial charge >= 0.3 is 46.9 Å². The molecule has 5 rings (SSSR count). The second-order valence-electron chi connectivity index (χ2n) is 16.7. The molecule has 5 aliphatic heterocycles. The Labute approximate surface area is 358 Å². The van der Waals surface area contributed by atoms with Crippen molar-refractivity contribution in [1.82, 2.24) is 10.6 Å². The van der Waals surface area contributed by atoms with Crippen molar-refractivity contribution >= 4 is 46.9 Å². The summed E-state index contributed by atoms with van der Waals surface area (Å²) in [7, 11) is 5.83. The molecular formula is C44H70MgN4O8. The molecule has 3 saturated heterocycles. The molecule has 12 atom stereocenters. The molecule has 0 saturated carbocycles. The maximum atomic E-state index is 12.6. The smallest absolute Gasteiger partial charge is 0.656 e. The van der Waals surface area contributed by atoms with Crippen molar-refractivity contribution in [3.05, 3.63) is 32.9 Å². The minimum atomic E-state index is -0.205. The van der Waals surface area contributed by atoms with Gasteiger partial charge in [0.15, 0.2) is 0 Å². The summed E-state index contributed by atoms with van der Waals surface area (Å²) in [5.74, 6) is 0.285. The zero-order chi connectivity index (χ0) is 40.5. The predicted molar refractivity (Wildman–Crippen MR) is 222 cm³/mol. The molecule has 12 unspecified atom stereocenters. The van der Waals surface area contributed by atoms with Crippen molar-refractivity contribution in [2.24, 2.45) is 23.7 Å². The Morgan fingerprint density at radius 1 is 0.491 bits per heavy atom. The van der Waals surface area contributed by atoms with E-state index in [9.17, 15) is 19.2 Å². The first-order valence-electron chi connectivity index (χ1n) is 21.7. The van der Waals surface area contributed by atoms with E-state index in [1.807, 2.05) is 0 Å². The van der Waals surface area contributed by atoms with Crippen LogP contribution in [0.1, 0.15) is 130 Å². The number of rotatable bonds is 16. The largest absolute Gasteiger partial charge is 2.00 e. The minimum absolute atomic E-state index is 0. The van der Waals surface area contributed by atoms with Gasteiger partial charge in [-0.05, 0) is 64.2 Å². The van der Waals surface area contributed by atoms with Gasteiger partial charge in [-0.25, -0.2) is 0 Å². The molecule has 3 fully saturated rings. The van der Waals surface area contributed by atoms with Crippen molar-refractivity contribution in [2.75, 3.05) is 28.4 Å². The van der Waals surface area contributed by atoms with E-state index in [1.54, 1.807) is 0 Å². The molecule has 2 N–H and O–H groups in total. The Hall–Kier alpha value is -2.03. The Bertz CT molecular complexity index is 1350. The van der Waals surface area contributed by atoms with Crippen molar-refractivity contribution in [3.63, 3.8) is 0 Å². The molecule has 0 aromatic rings. The summed E-state index contributed by atoms with van der Waals surface area (Å²) in [6, 6.07) is 0.607. The van der Waals surface area contributed by atoms with Crippen LogP contribution in [-0.4, -0.2) is 124 Å². The molecule has 0 aromatic heterocycles. The maximum absolute atomic E-state index is 12.6. The first-order valence-corrected chi connectivity index (χ1v) is 21.7. The summed E-state index contributed by atoms with van der Waals surface area (Å²) < 4.78 is 20.5. The summed E-state index contributed by atoms with van der Waals surface area (Å²) in [6.45, 7) is 8.94. The second-order valence-corrected chi connectivity index (χ2v) is 16.7. The first-order chi connectivity index (χ1) is 27.0. The summed E-state index contributed by atoms with van der Waals surface area (Å²) in [5.41, 5.74) is 5.36. The van der Waals surface area contributed by atoms with Crippen LogP contribution < -0.4 is 10.6 Å². The van der Waals surface area contributed by atoms with E-state index in [0.717, 1.165) is 64.2 Å². The number of hydrogen-bond acceptors (Lipinski definition) is 10. The summed E-state index contributed by atoms with van der Waals surface area (Å²) >= 11 is 0.